The summed E-state index contributed by atoms with van der Waals surface area (Å²) < 4.78 is 19.8. The first-order valence-corrected chi connectivity index (χ1v) is 12.9. The highest BCUT2D eigenvalue weighted by Gasteiger charge is 2.41. The minimum atomic E-state index is -0.609. The summed E-state index contributed by atoms with van der Waals surface area (Å²) in [7, 11) is 1.93. The van der Waals surface area contributed by atoms with Crippen LogP contribution in [0.3, 0.4) is 0 Å². The zero-order valence-corrected chi connectivity index (χ0v) is 21.1. The molecule has 1 saturated heterocycles. The maximum absolute atomic E-state index is 14.8. The lowest BCUT2D eigenvalue weighted by molar-refractivity contribution is -0.143. The molecule has 1 aliphatic carbocycles. The van der Waals surface area contributed by atoms with Crippen molar-refractivity contribution in [2.24, 2.45) is 5.92 Å². The molecule has 1 aromatic rings. The summed E-state index contributed by atoms with van der Waals surface area (Å²) >= 11 is 1.31. The number of ether oxygens (including phenoxy) is 1. The Kier molecular flexibility index (Phi) is 9.85. The Hall–Kier alpha value is -2.03. The molecule has 6 nitrogen and oxygen atoms in total. The van der Waals surface area contributed by atoms with Crippen LogP contribution in [0.25, 0.3) is 0 Å². The molecular weight excluding hydrogens is 455 g/mol. The van der Waals surface area contributed by atoms with Crippen molar-refractivity contribution in [3.05, 3.63) is 47.3 Å². The van der Waals surface area contributed by atoms with E-state index in [0.29, 0.717) is 51.2 Å². The molecular formula is C26H35FN2O4S. The van der Waals surface area contributed by atoms with Gasteiger partial charge < -0.3 is 9.64 Å². The summed E-state index contributed by atoms with van der Waals surface area (Å²) in [5, 5.41) is 0.0873. The van der Waals surface area contributed by atoms with Crippen molar-refractivity contribution in [1.82, 2.24) is 9.80 Å². The smallest absolute Gasteiger partial charge is 0.307 e. The number of hydrogen-bond acceptors (Lipinski definition) is 7. The third kappa shape index (κ3) is 7.48. The monoisotopic (exact) mass is 490 g/mol. The first-order valence-electron chi connectivity index (χ1n) is 12.0. The number of ketones is 1. The predicted molar refractivity (Wildman–Crippen MR) is 132 cm³/mol. The molecule has 1 aliphatic heterocycles. The summed E-state index contributed by atoms with van der Waals surface area (Å²) in [5.41, 5.74) is 1.50. The first kappa shape index (κ1) is 26.6. The van der Waals surface area contributed by atoms with Crippen LogP contribution in [0.4, 0.5) is 4.39 Å². The number of piperidine rings is 1. The molecule has 1 saturated carbocycles. The molecule has 0 radical (unpaired) electrons. The van der Waals surface area contributed by atoms with E-state index >= 15 is 0 Å². The van der Waals surface area contributed by atoms with E-state index in [1.165, 1.54) is 17.8 Å². The van der Waals surface area contributed by atoms with Crippen molar-refractivity contribution in [2.45, 2.75) is 50.8 Å². The quantitative estimate of drug-likeness (QED) is 0.343. The molecule has 8 heteroatoms. The number of benzene rings is 1. The molecule has 2 aliphatic rings. The number of rotatable bonds is 11. The SMILES string of the molecule is CCOC(=O)CCN(C)C/C=C1/CN(C(C(=O)C2CC2)c2ccccc2F)CCC1SC(C)=O. The second-order valence-electron chi connectivity index (χ2n) is 9.05. The summed E-state index contributed by atoms with van der Waals surface area (Å²) in [6.45, 7) is 6.03. The average Bonchev–Trinajstić information content (AvgIpc) is 3.64. The van der Waals surface area contributed by atoms with E-state index in [1.54, 1.807) is 32.0 Å². The molecule has 1 heterocycles. The Morgan fingerprint density at radius 2 is 2.00 bits per heavy atom. The lowest BCUT2D eigenvalue weighted by Gasteiger charge is -2.38. The van der Waals surface area contributed by atoms with E-state index < -0.39 is 6.04 Å². The predicted octanol–water partition coefficient (Wildman–Crippen LogP) is 4.01. The van der Waals surface area contributed by atoms with Gasteiger partial charge in [-0.15, -0.1) is 0 Å². The first-order chi connectivity index (χ1) is 16.3. The number of Topliss-reactive ketones (excluding diaryl/α,β-unsaturated/α-hetero) is 1. The van der Waals surface area contributed by atoms with Crippen LogP contribution < -0.4 is 0 Å². The molecule has 34 heavy (non-hydrogen) atoms. The molecule has 2 atom stereocenters. The van der Waals surface area contributed by atoms with Crippen molar-refractivity contribution in [1.29, 1.82) is 0 Å². The van der Waals surface area contributed by atoms with Crippen molar-refractivity contribution < 1.29 is 23.5 Å². The summed E-state index contributed by atoms with van der Waals surface area (Å²) in [6, 6.07) is 5.94. The highest BCUT2D eigenvalue weighted by Crippen LogP contribution is 2.40. The van der Waals surface area contributed by atoms with E-state index in [1.807, 2.05) is 11.9 Å². The van der Waals surface area contributed by atoms with Gasteiger partial charge in [0.25, 0.3) is 0 Å². The fraction of sp³-hybridized carbons (Fsp3) is 0.577. The molecule has 0 bridgehead atoms. The third-order valence-electron chi connectivity index (χ3n) is 6.27. The maximum Gasteiger partial charge on any atom is 0.307 e. The molecule has 2 fully saturated rings. The minimum absolute atomic E-state index is 0.00960. The molecule has 2 unspecified atom stereocenters. The zero-order chi connectivity index (χ0) is 24.7. The summed E-state index contributed by atoms with van der Waals surface area (Å²) in [5.74, 6) is -0.475. The lowest BCUT2D eigenvalue weighted by atomic mass is 9.93. The Bertz CT molecular complexity index is 918. The van der Waals surface area contributed by atoms with Crippen LogP contribution in [0.2, 0.25) is 0 Å². The molecule has 0 aromatic heterocycles. The van der Waals surface area contributed by atoms with Crippen molar-refractivity contribution >= 4 is 28.6 Å². The van der Waals surface area contributed by atoms with Gasteiger partial charge in [-0.1, -0.05) is 36.0 Å². The van der Waals surface area contributed by atoms with Gasteiger partial charge >= 0.3 is 5.97 Å². The number of halogens is 1. The van der Waals surface area contributed by atoms with E-state index in [0.717, 1.165) is 18.4 Å². The second-order valence-corrected chi connectivity index (χ2v) is 10.4. The Labute approximate surface area is 205 Å². The Balaban J connectivity index is 1.77. The van der Waals surface area contributed by atoms with Crippen LogP contribution in [-0.2, 0) is 19.1 Å². The van der Waals surface area contributed by atoms with E-state index in [-0.39, 0.29) is 33.9 Å². The van der Waals surface area contributed by atoms with Gasteiger partial charge in [0.2, 0.25) is 0 Å². The molecule has 186 valence electrons. The standard InChI is InChI=1S/C26H35FN2O4S/c1-4-33-24(31)13-15-28(3)14-11-20-17-29(16-12-23(20)34-18(2)30)25(26(32)19-9-10-19)21-7-5-6-8-22(21)27/h5-8,11,19,23,25H,4,9-10,12-17H2,1-3H3/b20-11-. The number of carbonyl (C=O) groups is 3. The third-order valence-corrected chi connectivity index (χ3v) is 7.42. The van der Waals surface area contributed by atoms with Crippen molar-refractivity contribution in [2.75, 3.05) is 39.8 Å². The van der Waals surface area contributed by atoms with Crippen LogP contribution >= 0.6 is 11.8 Å². The van der Waals surface area contributed by atoms with Crippen LogP contribution in [0.15, 0.2) is 35.9 Å². The Morgan fingerprint density at radius 1 is 1.26 bits per heavy atom. The van der Waals surface area contributed by atoms with Gasteiger partial charge in [0.15, 0.2) is 10.9 Å². The number of thioether (sulfide) groups is 1. The fourth-order valence-corrected chi connectivity index (χ4v) is 5.28. The van der Waals surface area contributed by atoms with Gasteiger partial charge in [-0.25, -0.2) is 4.39 Å². The Morgan fingerprint density at radius 3 is 2.65 bits per heavy atom. The second kappa shape index (κ2) is 12.6. The summed E-state index contributed by atoms with van der Waals surface area (Å²) in [6.07, 6.45) is 4.86. The van der Waals surface area contributed by atoms with Crippen LogP contribution in [0, 0.1) is 11.7 Å². The average molecular weight is 491 g/mol. The van der Waals surface area contributed by atoms with Gasteiger partial charge in [0, 0.05) is 49.8 Å². The number of carbonyl (C=O) groups excluding carboxylic acids is 3. The van der Waals surface area contributed by atoms with Gasteiger partial charge in [0.1, 0.15) is 5.82 Å². The zero-order valence-electron chi connectivity index (χ0n) is 20.3. The van der Waals surface area contributed by atoms with Crippen LogP contribution in [0.5, 0.6) is 0 Å². The molecule has 0 N–H and O–H groups in total. The normalized spacial score (nSPS) is 21.0. The molecule has 3 rings (SSSR count). The number of hydrogen-bond donors (Lipinski definition) is 0. The number of nitrogens with zero attached hydrogens (tertiary/aromatic N) is 2. The molecule has 0 amide bonds. The largest absolute Gasteiger partial charge is 0.466 e. The van der Waals surface area contributed by atoms with E-state index in [4.69, 9.17) is 4.74 Å². The van der Waals surface area contributed by atoms with Crippen molar-refractivity contribution in [3.8, 4) is 0 Å². The summed E-state index contributed by atoms with van der Waals surface area (Å²) in [4.78, 5) is 40.9. The van der Waals surface area contributed by atoms with E-state index in [9.17, 15) is 18.8 Å². The number of likely N-dealkylation sites (tertiary alicyclic amines) is 1. The maximum atomic E-state index is 14.8. The highest BCUT2D eigenvalue weighted by molar-refractivity contribution is 8.14. The lowest BCUT2D eigenvalue weighted by Crippen LogP contribution is -2.43. The number of likely N-dealkylation sites (N-methyl/N-ethyl adjacent to an activating group) is 1. The minimum Gasteiger partial charge on any atom is -0.466 e. The fourth-order valence-electron chi connectivity index (χ4n) is 4.33. The van der Waals surface area contributed by atoms with Gasteiger partial charge in [-0.3, -0.25) is 19.3 Å². The molecule has 1 aromatic carbocycles. The van der Waals surface area contributed by atoms with Crippen LogP contribution in [0.1, 0.15) is 51.1 Å². The van der Waals surface area contributed by atoms with Crippen molar-refractivity contribution in [3.63, 3.8) is 0 Å². The molecule has 0 spiro atoms. The van der Waals surface area contributed by atoms with Gasteiger partial charge in [-0.05, 0) is 44.9 Å². The van der Waals surface area contributed by atoms with Gasteiger partial charge in [-0.2, -0.15) is 0 Å². The topological polar surface area (TPSA) is 66.9 Å². The van der Waals surface area contributed by atoms with Gasteiger partial charge in [0.05, 0.1) is 19.1 Å². The highest BCUT2D eigenvalue weighted by atomic mass is 32.2. The van der Waals surface area contributed by atoms with E-state index in [2.05, 4.69) is 11.0 Å². The van der Waals surface area contributed by atoms with Crippen LogP contribution in [-0.4, -0.2) is 71.8 Å². The number of esters is 1.